The SMILES string of the molecule is Cc1cccc(NC(=O)Cn2cc(/C=C3/SC(=Nc4ccc(F)cc4)NC3=O)c3ccccc32)c1. The Bertz CT molecular complexity index is 1510. The van der Waals surface area contributed by atoms with Crippen molar-refractivity contribution < 1.29 is 14.0 Å². The molecule has 5 rings (SSSR count). The summed E-state index contributed by atoms with van der Waals surface area (Å²) in [5, 5.41) is 7.04. The van der Waals surface area contributed by atoms with Crippen LogP contribution in [-0.4, -0.2) is 21.5 Å². The van der Waals surface area contributed by atoms with Gasteiger partial charge in [0, 0.05) is 28.4 Å². The Morgan fingerprint density at radius 3 is 2.71 bits per heavy atom. The van der Waals surface area contributed by atoms with Crippen LogP contribution in [0.3, 0.4) is 0 Å². The first-order chi connectivity index (χ1) is 16.9. The fourth-order valence-corrected chi connectivity index (χ4v) is 4.69. The van der Waals surface area contributed by atoms with Gasteiger partial charge in [-0.1, -0.05) is 30.3 Å². The van der Waals surface area contributed by atoms with Crippen LogP contribution in [0.1, 0.15) is 11.1 Å². The third-order valence-corrected chi connectivity index (χ3v) is 6.34. The number of carbonyl (C=O) groups excluding carboxylic acids is 2. The fraction of sp³-hybridized carbons (Fsp3) is 0.0741. The summed E-state index contributed by atoms with van der Waals surface area (Å²) in [6, 6.07) is 21.1. The molecule has 1 fully saturated rings. The minimum Gasteiger partial charge on any atom is -0.337 e. The van der Waals surface area contributed by atoms with Crippen LogP contribution in [0.5, 0.6) is 0 Å². The molecular weight excluding hydrogens is 463 g/mol. The van der Waals surface area contributed by atoms with E-state index >= 15 is 0 Å². The maximum absolute atomic E-state index is 13.1. The number of nitrogens with zero attached hydrogens (tertiary/aromatic N) is 2. The van der Waals surface area contributed by atoms with Crippen molar-refractivity contribution >= 4 is 57.1 Å². The van der Waals surface area contributed by atoms with Gasteiger partial charge in [-0.15, -0.1) is 0 Å². The van der Waals surface area contributed by atoms with Gasteiger partial charge in [0.15, 0.2) is 5.17 Å². The number of aliphatic imine (C=N–C) groups is 1. The maximum Gasteiger partial charge on any atom is 0.264 e. The summed E-state index contributed by atoms with van der Waals surface area (Å²) < 4.78 is 15.0. The van der Waals surface area contributed by atoms with Gasteiger partial charge in [-0.25, -0.2) is 9.38 Å². The first kappa shape index (κ1) is 22.6. The monoisotopic (exact) mass is 484 g/mol. The Morgan fingerprint density at radius 2 is 1.91 bits per heavy atom. The van der Waals surface area contributed by atoms with E-state index in [9.17, 15) is 14.0 Å². The molecule has 2 heterocycles. The number of hydrogen-bond donors (Lipinski definition) is 2. The molecule has 1 aromatic heterocycles. The lowest BCUT2D eigenvalue weighted by atomic mass is 10.1. The molecule has 0 spiro atoms. The molecule has 0 atom stereocenters. The summed E-state index contributed by atoms with van der Waals surface area (Å²) in [6.45, 7) is 2.11. The van der Waals surface area contributed by atoms with Crippen molar-refractivity contribution in [3.05, 3.63) is 101 Å². The minimum absolute atomic E-state index is 0.133. The Labute approximate surface area is 205 Å². The number of fused-ring (bicyclic) bond motifs is 1. The minimum atomic E-state index is -0.346. The van der Waals surface area contributed by atoms with Crippen LogP contribution in [0, 0.1) is 12.7 Å². The number of nitrogens with one attached hydrogen (secondary N) is 2. The van der Waals surface area contributed by atoms with Gasteiger partial charge in [0.05, 0.1) is 10.6 Å². The normalized spacial score (nSPS) is 15.7. The summed E-state index contributed by atoms with van der Waals surface area (Å²) >= 11 is 1.22. The highest BCUT2D eigenvalue weighted by molar-refractivity contribution is 8.18. The standard InChI is InChI=1S/C27H21FN4O2S/c1-17-5-4-6-21(13-17)29-25(33)16-32-15-18(22-7-2-3-8-23(22)32)14-24-26(34)31-27(35-24)30-20-11-9-19(28)10-12-20/h2-15H,16H2,1H3,(H,29,33)(H,30,31,34)/b24-14+. The molecule has 6 nitrogen and oxygen atoms in total. The lowest BCUT2D eigenvalue weighted by Gasteiger charge is -2.08. The van der Waals surface area contributed by atoms with Gasteiger partial charge < -0.3 is 15.2 Å². The molecule has 174 valence electrons. The number of aromatic nitrogens is 1. The lowest BCUT2D eigenvalue weighted by molar-refractivity contribution is -0.117. The number of amidine groups is 1. The van der Waals surface area contributed by atoms with Crippen LogP contribution in [0.2, 0.25) is 0 Å². The summed E-state index contributed by atoms with van der Waals surface area (Å²) in [7, 11) is 0. The smallest absolute Gasteiger partial charge is 0.264 e. The molecule has 0 radical (unpaired) electrons. The number of aryl methyl sites for hydroxylation is 1. The molecule has 0 saturated carbocycles. The number of amides is 2. The number of carbonyl (C=O) groups is 2. The zero-order chi connectivity index (χ0) is 24.4. The molecule has 0 unspecified atom stereocenters. The summed E-state index contributed by atoms with van der Waals surface area (Å²) in [5.74, 6) is -0.747. The van der Waals surface area contributed by atoms with Gasteiger partial charge in [-0.05, 0) is 72.8 Å². The first-order valence-corrected chi connectivity index (χ1v) is 11.8. The van der Waals surface area contributed by atoms with Crippen molar-refractivity contribution in [3.8, 4) is 0 Å². The molecule has 4 aromatic rings. The van der Waals surface area contributed by atoms with Crippen molar-refractivity contribution in [2.24, 2.45) is 4.99 Å². The van der Waals surface area contributed by atoms with Crippen molar-refractivity contribution in [2.75, 3.05) is 5.32 Å². The zero-order valence-corrected chi connectivity index (χ0v) is 19.6. The van der Waals surface area contributed by atoms with E-state index in [4.69, 9.17) is 0 Å². The Hall–Kier alpha value is -4.17. The molecule has 8 heteroatoms. The third-order valence-electron chi connectivity index (χ3n) is 5.43. The van der Waals surface area contributed by atoms with Gasteiger partial charge >= 0.3 is 0 Å². The van der Waals surface area contributed by atoms with E-state index in [1.807, 2.05) is 66.2 Å². The maximum atomic E-state index is 13.1. The largest absolute Gasteiger partial charge is 0.337 e. The molecular formula is C27H21FN4O2S. The van der Waals surface area contributed by atoms with Crippen molar-refractivity contribution in [1.29, 1.82) is 0 Å². The van der Waals surface area contributed by atoms with Gasteiger partial charge in [0.2, 0.25) is 5.91 Å². The third kappa shape index (κ3) is 5.17. The van der Waals surface area contributed by atoms with Gasteiger partial charge in [0.1, 0.15) is 12.4 Å². The molecule has 1 aliphatic rings. The highest BCUT2D eigenvalue weighted by Gasteiger charge is 2.24. The van der Waals surface area contributed by atoms with E-state index in [1.165, 1.54) is 23.9 Å². The Kier molecular flexibility index (Phi) is 6.20. The quantitative estimate of drug-likeness (QED) is 0.361. The average molecular weight is 485 g/mol. The highest BCUT2D eigenvalue weighted by Crippen LogP contribution is 2.31. The molecule has 2 N–H and O–H groups in total. The number of thioether (sulfide) groups is 1. The average Bonchev–Trinajstić information content (AvgIpc) is 3.35. The molecule has 1 aliphatic heterocycles. The van der Waals surface area contributed by atoms with Crippen molar-refractivity contribution in [1.82, 2.24) is 9.88 Å². The predicted molar refractivity (Wildman–Crippen MR) is 139 cm³/mol. The summed E-state index contributed by atoms with van der Waals surface area (Å²) in [5.41, 5.74) is 4.08. The van der Waals surface area contributed by atoms with E-state index in [2.05, 4.69) is 15.6 Å². The highest BCUT2D eigenvalue weighted by atomic mass is 32.2. The molecule has 35 heavy (non-hydrogen) atoms. The molecule has 2 amide bonds. The topological polar surface area (TPSA) is 75.5 Å². The van der Waals surface area contributed by atoms with Gasteiger partial charge in [-0.3, -0.25) is 9.59 Å². The molecule has 0 bridgehead atoms. The van der Waals surface area contributed by atoms with Gasteiger partial charge in [0.25, 0.3) is 5.91 Å². The van der Waals surface area contributed by atoms with Gasteiger partial charge in [-0.2, -0.15) is 0 Å². The zero-order valence-electron chi connectivity index (χ0n) is 18.8. The van der Waals surface area contributed by atoms with E-state index < -0.39 is 0 Å². The van der Waals surface area contributed by atoms with E-state index in [-0.39, 0.29) is 24.2 Å². The van der Waals surface area contributed by atoms with Crippen LogP contribution in [0.25, 0.3) is 17.0 Å². The second-order valence-electron chi connectivity index (χ2n) is 8.11. The van der Waals surface area contributed by atoms with Crippen LogP contribution in [-0.2, 0) is 16.1 Å². The summed E-state index contributed by atoms with van der Waals surface area (Å²) in [6.07, 6.45) is 3.67. The predicted octanol–water partition coefficient (Wildman–Crippen LogP) is 5.62. The van der Waals surface area contributed by atoms with Crippen LogP contribution in [0.4, 0.5) is 15.8 Å². The lowest BCUT2D eigenvalue weighted by Crippen LogP contribution is -2.19. The second-order valence-corrected chi connectivity index (χ2v) is 9.14. The van der Waals surface area contributed by atoms with E-state index in [1.54, 1.807) is 18.2 Å². The molecule has 0 aliphatic carbocycles. The fourth-order valence-electron chi connectivity index (χ4n) is 3.85. The number of anilines is 1. The van der Waals surface area contributed by atoms with Crippen LogP contribution in [0.15, 0.2) is 88.9 Å². The van der Waals surface area contributed by atoms with E-state index in [0.717, 1.165) is 27.7 Å². The number of benzene rings is 3. The first-order valence-electron chi connectivity index (χ1n) is 10.9. The number of rotatable bonds is 5. The number of hydrogen-bond acceptors (Lipinski definition) is 4. The molecule has 1 saturated heterocycles. The van der Waals surface area contributed by atoms with Crippen LogP contribution < -0.4 is 10.6 Å². The summed E-state index contributed by atoms with van der Waals surface area (Å²) in [4.78, 5) is 30.2. The van der Waals surface area contributed by atoms with Crippen LogP contribution >= 0.6 is 11.8 Å². The Morgan fingerprint density at radius 1 is 1.11 bits per heavy atom. The molecule has 3 aromatic carbocycles. The van der Waals surface area contributed by atoms with Crippen molar-refractivity contribution in [3.63, 3.8) is 0 Å². The van der Waals surface area contributed by atoms with Crippen molar-refractivity contribution in [2.45, 2.75) is 13.5 Å². The van der Waals surface area contributed by atoms with E-state index in [0.29, 0.717) is 15.8 Å². The number of halogens is 1. The number of para-hydroxylation sites is 1. The second kappa shape index (κ2) is 9.60. The Balaban J connectivity index is 1.39.